The van der Waals surface area contributed by atoms with Gasteiger partial charge in [0.1, 0.15) is 0 Å². The Morgan fingerprint density at radius 1 is 1.18 bits per heavy atom. The van der Waals surface area contributed by atoms with Crippen molar-refractivity contribution in [1.82, 2.24) is 4.57 Å². The molecule has 116 valence electrons. The molecule has 2 aromatic heterocycles. The number of aromatic nitrogens is 1. The lowest BCUT2D eigenvalue weighted by atomic mass is 10.1. The lowest BCUT2D eigenvalue weighted by Crippen LogP contribution is -2.23. The summed E-state index contributed by atoms with van der Waals surface area (Å²) in [5.74, 6) is 0. The molecular formula is C13H9F3N2O4. The third kappa shape index (κ3) is 2.10. The minimum Gasteiger partial charge on any atom is -0.397 e. The molecular weight excluding hydrogens is 305 g/mol. The van der Waals surface area contributed by atoms with E-state index in [2.05, 4.69) is 0 Å². The van der Waals surface area contributed by atoms with Crippen molar-refractivity contribution < 1.29 is 22.1 Å². The molecule has 0 aliphatic carbocycles. The number of rotatable bonds is 2. The Morgan fingerprint density at radius 3 is 2.55 bits per heavy atom. The molecule has 0 aliphatic heterocycles. The van der Waals surface area contributed by atoms with Crippen molar-refractivity contribution in [3.05, 3.63) is 50.2 Å². The van der Waals surface area contributed by atoms with Crippen LogP contribution in [-0.4, -0.2) is 11.1 Å². The zero-order valence-corrected chi connectivity index (χ0v) is 10.9. The van der Waals surface area contributed by atoms with Crippen molar-refractivity contribution in [3.8, 4) is 0 Å². The van der Waals surface area contributed by atoms with Crippen LogP contribution in [0.2, 0.25) is 0 Å². The second-order valence-corrected chi connectivity index (χ2v) is 4.61. The Kier molecular flexibility index (Phi) is 3.10. The summed E-state index contributed by atoms with van der Waals surface area (Å²) < 4.78 is 48.8. The summed E-state index contributed by atoms with van der Waals surface area (Å²) in [6, 6.07) is 2.96. The predicted molar refractivity (Wildman–Crippen MR) is 69.7 cm³/mol. The molecule has 9 heteroatoms. The van der Waals surface area contributed by atoms with Gasteiger partial charge in [-0.3, -0.25) is 0 Å². The highest BCUT2D eigenvalue weighted by atomic mass is 19.4. The highest BCUT2D eigenvalue weighted by molar-refractivity contribution is 5.90. The average Bonchev–Trinajstić information content (AvgIpc) is 2.73. The van der Waals surface area contributed by atoms with Crippen LogP contribution < -0.4 is 17.0 Å². The summed E-state index contributed by atoms with van der Waals surface area (Å²) in [7, 11) is 0. The maximum atomic E-state index is 12.8. The van der Waals surface area contributed by atoms with E-state index < -0.39 is 23.0 Å². The maximum Gasteiger partial charge on any atom is 0.442 e. The number of alkyl halides is 3. The summed E-state index contributed by atoms with van der Waals surface area (Å²) in [6.45, 7) is 0.179. The van der Waals surface area contributed by atoms with E-state index in [1.807, 2.05) is 0 Å². The van der Waals surface area contributed by atoms with E-state index in [9.17, 15) is 22.8 Å². The first-order valence-corrected chi connectivity index (χ1v) is 6.22. The third-order valence-electron chi connectivity index (χ3n) is 3.24. The van der Waals surface area contributed by atoms with Crippen LogP contribution in [0.5, 0.6) is 0 Å². The van der Waals surface area contributed by atoms with Gasteiger partial charge in [0, 0.05) is 10.9 Å². The molecule has 1 aromatic carbocycles. The van der Waals surface area contributed by atoms with Gasteiger partial charge in [-0.25, -0.2) is 9.59 Å². The number of halogens is 3. The van der Waals surface area contributed by atoms with Crippen molar-refractivity contribution in [2.24, 2.45) is 5.73 Å². The van der Waals surface area contributed by atoms with E-state index in [0.717, 1.165) is 16.7 Å². The summed E-state index contributed by atoms with van der Waals surface area (Å²) in [5, 5.41) is 0.371. The first-order valence-electron chi connectivity index (χ1n) is 6.22. The van der Waals surface area contributed by atoms with Crippen LogP contribution in [0.3, 0.4) is 0 Å². The van der Waals surface area contributed by atoms with Gasteiger partial charge in [-0.2, -0.15) is 13.2 Å². The predicted octanol–water partition coefficient (Wildman–Crippen LogP) is 1.52. The molecule has 0 spiro atoms. The van der Waals surface area contributed by atoms with Gasteiger partial charge in [-0.1, -0.05) is 6.07 Å². The average molecular weight is 314 g/mol. The van der Waals surface area contributed by atoms with Crippen LogP contribution >= 0.6 is 0 Å². The second-order valence-electron chi connectivity index (χ2n) is 4.61. The van der Waals surface area contributed by atoms with Gasteiger partial charge in [-0.05, 0) is 25.1 Å². The van der Waals surface area contributed by atoms with Crippen LogP contribution in [0.15, 0.2) is 36.7 Å². The molecule has 2 N–H and O–H groups in total. The molecule has 0 saturated carbocycles. The summed E-state index contributed by atoms with van der Waals surface area (Å²) in [5.41, 5.74) is 2.29. The van der Waals surface area contributed by atoms with Gasteiger partial charge in [-0.15, -0.1) is 4.57 Å². The van der Waals surface area contributed by atoms with E-state index in [-0.39, 0.29) is 24.2 Å². The van der Waals surface area contributed by atoms with Crippen molar-refractivity contribution in [1.29, 1.82) is 0 Å². The van der Waals surface area contributed by atoms with Gasteiger partial charge in [0.15, 0.2) is 0 Å². The normalized spacial score (nSPS) is 12.4. The number of hydrogen-bond donors (Lipinski definition) is 1. The fourth-order valence-electron chi connectivity index (χ4n) is 2.31. The molecule has 0 aliphatic rings. The Morgan fingerprint density at radius 2 is 1.91 bits per heavy atom. The van der Waals surface area contributed by atoms with E-state index in [4.69, 9.17) is 14.7 Å². The van der Waals surface area contributed by atoms with Gasteiger partial charge in [0.2, 0.25) is 5.71 Å². The Hall–Kier alpha value is -2.55. The summed E-state index contributed by atoms with van der Waals surface area (Å²) >= 11 is 0. The first-order chi connectivity index (χ1) is 10.3. The van der Waals surface area contributed by atoms with E-state index in [1.54, 1.807) is 0 Å². The van der Waals surface area contributed by atoms with E-state index in [0.29, 0.717) is 10.9 Å². The topological polar surface area (TPSA) is 90.9 Å². The number of fused-ring (bicyclic) bond motifs is 3. The first kappa shape index (κ1) is 14.4. The molecule has 0 radical (unpaired) electrons. The SMILES string of the molecule is NCCc1c2ccc(C(F)(F)F)cc2n2oc(=O)c(=O)oc12. The highest BCUT2D eigenvalue weighted by Crippen LogP contribution is 2.34. The van der Waals surface area contributed by atoms with Gasteiger partial charge in [0.25, 0.3) is 0 Å². The molecule has 22 heavy (non-hydrogen) atoms. The fraction of sp³-hybridized carbons (Fsp3) is 0.231. The Balaban J connectivity index is 2.48. The lowest BCUT2D eigenvalue weighted by molar-refractivity contribution is -0.137. The van der Waals surface area contributed by atoms with Crippen molar-refractivity contribution in [2.75, 3.05) is 6.54 Å². The molecule has 3 rings (SSSR count). The minimum atomic E-state index is -4.55. The van der Waals surface area contributed by atoms with Crippen LogP contribution in [0, 0.1) is 0 Å². The van der Waals surface area contributed by atoms with Gasteiger partial charge < -0.3 is 14.7 Å². The Labute approximate surface area is 119 Å². The Bertz CT molecular complexity index is 981. The van der Waals surface area contributed by atoms with Gasteiger partial charge in [0.05, 0.1) is 11.1 Å². The third-order valence-corrected chi connectivity index (χ3v) is 3.24. The number of nitrogens with two attached hydrogens (primary N) is 1. The molecule has 0 unspecified atom stereocenters. The molecule has 0 atom stereocenters. The molecule has 3 aromatic rings. The monoisotopic (exact) mass is 314 g/mol. The number of hydrogen-bond acceptors (Lipinski definition) is 5. The van der Waals surface area contributed by atoms with Crippen molar-refractivity contribution in [2.45, 2.75) is 12.6 Å². The highest BCUT2D eigenvalue weighted by Gasteiger charge is 2.31. The molecule has 0 fully saturated rings. The van der Waals surface area contributed by atoms with E-state index >= 15 is 0 Å². The van der Waals surface area contributed by atoms with Gasteiger partial charge >= 0.3 is 17.4 Å². The maximum absolute atomic E-state index is 12.8. The molecule has 0 amide bonds. The van der Waals surface area contributed by atoms with Crippen LogP contribution in [0.4, 0.5) is 13.2 Å². The second kappa shape index (κ2) is 4.73. The number of benzene rings is 1. The zero-order valence-electron chi connectivity index (χ0n) is 10.9. The fourth-order valence-corrected chi connectivity index (χ4v) is 2.31. The summed E-state index contributed by atoms with van der Waals surface area (Å²) in [6.07, 6.45) is -4.31. The quantitative estimate of drug-likeness (QED) is 0.724. The minimum absolute atomic E-state index is 0.0193. The zero-order chi connectivity index (χ0) is 16.1. The van der Waals surface area contributed by atoms with Crippen LogP contribution in [-0.2, 0) is 12.6 Å². The van der Waals surface area contributed by atoms with Crippen molar-refractivity contribution in [3.63, 3.8) is 0 Å². The van der Waals surface area contributed by atoms with E-state index in [1.165, 1.54) is 6.07 Å². The summed E-state index contributed by atoms with van der Waals surface area (Å²) in [4.78, 5) is 22.6. The van der Waals surface area contributed by atoms with Crippen LogP contribution in [0.1, 0.15) is 11.1 Å². The smallest absolute Gasteiger partial charge is 0.397 e. The molecule has 6 nitrogen and oxygen atoms in total. The molecule has 2 heterocycles. The lowest BCUT2D eigenvalue weighted by Gasteiger charge is -2.06. The molecule has 0 saturated heterocycles. The number of nitrogens with zero attached hydrogens (tertiary/aromatic N) is 1. The van der Waals surface area contributed by atoms with Crippen LogP contribution in [0.25, 0.3) is 16.6 Å². The standard InChI is InChI=1S/C13H9F3N2O4/c14-13(15,16)6-1-2-7-8(3-4-17)10-18(9(7)5-6)22-12(20)11(19)21-10/h1-2,5H,3-4,17H2. The molecule has 0 bridgehead atoms. The van der Waals surface area contributed by atoms with Crippen molar-refractivity contribution >= 4 is 16.6 Å². The largest absolute Gasteiger partial charge is 0.442 e.